The summed E-state index contributed by atoms with van der Waals surface area (Å²) in [6.07, 6.45) is 1.47. The highest BCUT2D eigenvalue weighted by Gasteiger charge is 2.08. The van der Waals surface area contributed by atoms with Crippen molar-refractivity contribution in [1.82, 2.24) is 10.6 Å². The molecule has 0 aliphatic heterocycles. The summed E-state index contributed by atoms with van der Waals surface area (Å²) in [7, 11) is 0. The van der Waals surface area contributed by atoms with Crippen LogP contribution in [0.2, 0.25) is 0 Å². The van der Waals surface area contributed by atoms with Gasteiger partial charge in [0.15, 0.2) is 0 Å². The largest absolute Gasteiger partial charge is 0.481 e. The molecule has 0 saturated carbocycles. The van der Waals surface area contributed by atoms with Gasteiger partial charge in [-0.3, -0.25) is 14.9 Å². The zero-order valence-corrected chi connectivity index (χ0v) is 10.9. The fourth-order valence-corrected chi connectivity index (χ4v) is 1.83. The Morgan fingerprint density at radius 2 is 2.16 bits per heavy atom. The van der Waals surface area contributed by atoms with E-state index in [9.17, 15) is 14.4 Å². The third-order valence-electron chi connectivity index (χ3n) is 1.95. The van der Waals surface area contributed by atoms with Gasteiger partial charge in [-0.2, -0.15) is 11.8 Å². The lowest BCUT2D eigenvalue weighted by atomic mass is 10.4. The van der Waals surface area contributed by atoms with Crippen LogP contribution in [0.4, 0.5) is 4.79 Å². The number of hydrogen-bond donors (Lipinski definition) is 3. The van der Waals surface area contributed by atoms with E-state index in [1.54, 1.807) is 12.1 Å². The molecule has 0 bridgehead atoms. The van der Waals surface area contributed by atoms with Crippen LogP contribution < -0.4 is 10.6 Å². The minimum Gasteiger partial charge on any atom is -0.481 e. The second-order valence-corrected chi connectivity index (χ2v) is 4.61. The van der Waals surface area contributed by atoms with Gasteiger partial charge in [0.1, 0.15) is 5.76 Å². The number of imide groups is 1. The summed E-state index contributed by atoms with van der Waals surface area (Å²) >= 11 is 1.16. The average molecular weight is 286 g/mol. The van der Waals surface area contributed by atoms with Gasteiger partial charge in [-0.1, -0.05) is 0 Å². The molecular formula is C11H14N2O5S. The summed E-state index contributed by atoms with van der Waals surface area (Å²) in [6.45, 7) is 0.193. The zero-order chi connectivity index (χ0) is 14.1. The van der Waals surface area contributed by atoms with E-state index < -0.39 is 17.9 Å². The molecule has 0 atom stereocenters. The molecule has 1 rings (SSSR count). The first-order valence-corrected chi connectivity index (χ1v) is 6.63. The van der Waals surface area contributed by atoms with Gasteiger partial charge in [-0.05, 0) is 12.1 Å². The predicted molar refractivity (Wildman–Crippen MR) is 68.7 cm³/mol. The lowest BCUT2D eigenvalue weighted by Crippen LogP contribution is -2.39. The van der Waals surface area contributed by atoms with Crippen LogP contribution in [0.5, 0.6) is 0 Å². The van der Waals surface area contributed by atoms with Crippen molar-refractivity contribution < 1.29 is 23.9 Å². The molecular weight excluding hydrogens is 272 g/mol. The number of furan rings is 1. The average Bonchev–Trinajstić information content (AvgIpc) is 2.85. The van der Waals surface area contributed by atoms with E-state index in [2.05, 4.69) is 10.6 Å². The van der Waals surface area contributed by atoms with E-state index in [-0.39, 0.29) is 18.7 Å². The Kier molecular flexibility index (Phi) is 6.51. The number of carboxylic acid groups (broad SMARTS) is 1. The molecule has 0 aliphatic carbocycles. The normalized spacial score (nSPS) is 9.89. The van der Waals surface area contributed by atoms with Gasteiger partial charge in [-0.25, -0.2) is 4.79 Å². The number of nitrogens with one attached hydrogen (secondary N) is 2. The monoisotopic (exact) mass is 286 g/mol. The molecule has 8 heteroatoms. The highest BCUT2D eigenvalue weighted by Crippen LogP contribution is 2.01. The van der Waals surface area contributed by atoms with Crippen molar-refractivity contribution in [3.63, 3.8) is 0 Å². The molecule has 0 fully saturated rings. The topological polar surface area (TPSA) is 109 Å². The van der Waals surface area contributed by atoms with Crippen LogP contribution in [0.1, 0.15) is 12.2 Å². The number of aliphatic carboxylic acids is 1. The summed E-state index contributed by atoms with van der Waals surface area (Å²) in [4.78, 5) is 32.8. The Balaban J connectivity index is 2.10. The molecule has 0 radical (unpaired) electrons. The molecule has 19 heavy (non-hydrogen) atoms. The maximum atomic E-state index is 11.3. The van der Waals surface area contributed by atoms with Crippen molar-refractivity contribution in [3.05, 3.63) is 24.2 Å². The van der Waals surface area contributed by atoms with E-state index in [1.165, 1.54) is 6.26 Å². The molecule has 1 aromatic rings. The van der Waals surface area contributed by atoms with Crippen molar-refractivity contribution in [1.29, 1.82) is 0 Å². The van der Waals surface area contributed by atoms with E-state index in [1.807, 2.05) is 0 Å². The molecule has 0 unspecified atom stereocenters. The van der Waals surface area contributed by atoms with Gasteiger partial charge in [-0.15, -0.1) is 0 Å². The Hall–Kier alpha value is -1.96. The highest BCUT2D eigenvalue weighted by molar-refractivity contribution is 7.99. The summed E-state index contributed by atoms with van der Waals surface area (Å²) < 4.78 is 5.00. The van der Waals surface area contributed by atoms with Crippen LogP contribution in [0.3, 0.4) is 0 Å². The molecule has 3 N–H and O–H groups in total. The molecule has 1 heterocycles. The van der Waals surface area contributed by atoms with Crippen LogP contribution in [-0.2, 0) is 16.1 Å². The second kappa shape index (κ2) is 8.20. The molecule has 7 nitrogen and oxygen atoms in total. The minimum absolute atomic E-state index is 0.0113. The molecule has 0 aromatic carbocycles. The van der Waals surface area contributed by atoms with Gasteiger partial charge in [0.25, 0.3) is 0 Å². The summed E-state index contributed by atoms with van der Waals surface area (Å²) in [5.41, 5.74) is 0. The molecule has 3 amide bonds. The summed E-state index contributed by atoms with van der Waals surface area (Å²) in [5.74, 6) is -0.423. The van der Waals surface area contributed by atoms with Crippen LogP contribution in [-0.4, -0.2) is 34.5 Å². The maximum absolute atomic E-state index is 11.3. The quantitative estimate of drug-likeness (QED) is 0.640. The third kappa shape index (κ3) is 7.14. The minimum atomic E-state index is -0.913. The fraction of sp³-hybridized carbons (Fsp3) is 0.364. The van der Waals surface area contributed by atoms with Crippen molar-refractivity contribution in [3.8, 4) is 0 Å². The van der Waals surface area contributed by atoms with Crippen molar-refractivity contribution in [2.24, 2.45) is 0 Å². The van der Waals surface area contributed by atoms with Crippen molar-refractivity contribution in [2.75, 3.05) is 11.5 Å². The molecule has 0 aliphatic rings. The first kappa shape index (κ1) is 15.1. The first-order chi connectivity index (χ1) is 9.08. The molecule has 0 saturated heterocycles. The standard InChI is InChI=1S/C11H14N2O5S/c14-9(7-19-5-3-10(15)16)13-11(17)12-6-8-2-1-4-18-8/h1-2,4H,3,5-7H2,(H,15,16)(H2,12,13,14,17). The van der Waals surface area contributed by atoms with Crippen LogP contribution in [0.15, 0.2) is 22.8 Å². The number of carboxylic acids is 1. The second-order valence-electron chi connectivity index (χ2n) is 3.51. The molecule has 1 aromatic heterocycles. The van der Waals surface area contributed by atoms with Crippen molar-refractivity contribution in [2.45, 2.75) is 13.0 Å². The van der Waals surface area contributed by atoms with Crippen LogP contribution in [0, 0.1) is 0 Å². The number of rotatable bonds is 7. The van der Waals surface area contributed by atoms with E-state index in [0.717, 1.165) is 11.8 Å². The Morgan fingerprint density at radius 1 is 1.37 bits per heavy atom. The number of amides is 3. The zero-order valence-electron chi connectivity index (χ0n) is 10.0. The maximum Gasteiger partial charge on any atom is 0.321 e. The van der Waals surface area contributed by atoms with Gasteiger partial charge in [0.2, 0.25) is 5.91 Å². The van der Waals surface area contributed by atoms with Crippen LogP contribution in [0.25, 0.3) is 0 Å². The Labute approximate surface area is 113 Å². The SMILES string of the molecule is O=C(O)CCSCC(=O)NC(=O)NCc1ccco1. The number of urea groups is 1. The van der Waals surface area contributed by atoms with E-state index in [0.29, 0.717) is 11.5 Å². The summed E-state index contributed by atoms with van der Waals surface area (Å²) in [5, 5.41) is 13.0. The molecule has 0 spiro atoms. The smallest absolute Gasteiger partial charge is 0.321 e. The Morgan fingerprint density at radius 3 is 2.79 bits per heavy atom. The highest BCUT2D eigenvalue weighted by atomic mass is 32.2. The summed E-state index contributed by atoms with van der Waals surface area (Å²) in [6, 6.07) is 2.78. The van der Waals surface area contributed by atoms with Gasteiger partial charge in [0, 0.05) is 5.75 Å². The number of thioether (sulfide) groups is 1. The predicted octanol–water partition coefficient (Wildman–Crippen LogP) is 0.813. The van der Waals surface area contributed by atoms with Gasteiger partial charge in [0.05, 0.1) is 25.0 Å². The lowest BCUT2D eigenvalue weighted by Gasteiger charge is -2.05. The lowest BCUT2D eigenvalue weighted by molar-refractivity contribution is -0.136. The number of carbonyl (C=O) groups is 3. The van der Waals surface area contributed by atoms with E-state index >= 15 is 0 Å². The van der Waals surface area contributed by atoms with Crippen LogP contribution >= 0.6 is 11.8 Å². The fourth-order valence-electron chi connectivity index (χ4n) is 1.11. The van der Waals surface area contributed by atoms with Crippen molar-refractivity contribution >= 4 is 29.7 Å². The number of carbonyl (C=O) groups excluding carboxylic acids is 2. The molecule has 104 valence electrons. The first-order valence-electron chi connectivity index (χ1n) is 5.47. The van der Waals surface area contributed by atoms with Gasteiger partial charge >= 0.3 is 12.0 Å². The van der Waals surface area contributed by atoms with Gasteiger partial charge < -0.3 is 14.8 Å². The Bertz CT molecular complexity index is 432. The number of hydrogen-bond acceptors (Lipinski definition) is 5. The van der Waals surface area contributed by atoms with E-state index in [4.69, 9.17) is 9.52 Å². The third-order valence-corrected chi connectivity index (χ3v) is 2.91.